The second-order valence-corrected chi connectivity index (χ2v) is 6.45. The van der Waals surface area contributed by atoms with Crippen molar-refractivity contribution < 1.29 is 9.47 Å². The number of hydrogen-bond acceptors (Lipinski definition) is 3. The molecule has 0 bridgehead atoms. The molecule has 0 heterocycles. The summed E-state index contributed by atoms with van der Waals surface area (Å²) in [6.45, 7) is 12.8. The van der Waals surface area contributed by atoms with Crippen LogP contribution >= 0.6 is 0 Å². The van der Waals surface area contributed by atoms with Crippen molar-refractivity contribution in [3.8, 4) is 5.75 Å². The van der Waals surface area contributed by atoms with E-state index < -0.39 is 0 Å². The van der Waals surface area contributed by atoms with Crippen molar-refractivity contribution >= 4 is 0 Å². The zero-order valence-electron chi connectivity index (χ0n) is 14.2. The van der Waals surface area contributed by atoms with Gasteiger partial charge < -0.3 is 14.8 Å². The van der Waals surface area contributed by atoms with E-state index >= 15 is 0 Å². The Labute approximate surface area is 130 Å². The summed E-state index contributed by atoms with van der Waals surface area (Å²) in [5, 5.41) is 3.43. The predicted molar refractivity (Wildman–Crippen MR) is 89.1 cm³/mol. The van der Waals surface area contributed by atoms with Crippen molar-refractivity contribution in [2.45, 2.75) is 59.1 Å². The van der Waals surface area contributed by atoms with E-state index in [1.54, 1.807) is 0 Å². The molecule has 1 N–H and O–H groups in total. The average Bonchev–Trinajstić information content (AvgIpc) is 2.42. The van der Waals surface area contributed by atoms with Crippen LogP contribution in [0.4, 0.5) is 0 Å². The minimum Gasteiger partial charge on any atom is -0.491 e. The molecule has 0 saturated heterocycles. The molecule has 21 heavy (non-hydrogen) atoms. The van der Waals surface area contributed by atoms with Gasteiger partial charge in [-0.1, -0.05) is 19.1 Å². The fourth-order valence-electron chi connectivity index (χ4n) is 2.09. The quantitative estimate of drug-likeness (QED) is 0.702. The van der Waals surface area contributed by atoms with Gasteiger partial charge in [0, 0.05) is 6.04 Å². The number of aryl methyl sites for hydroxylation is 1. The molecule has 0 aliphatic rings. The fourth-order valence-corrected chi connectivity index (χ4v) is 2.09. The summed E-state index contributed by atoms with van der Waals surface area (Å²) < 4.78 is 11.3. The zero-order chi connectivity index (χ0) is 15.7. The number of hydrogen-bond donors (Lipinski definition) is 1. The number of ether oxygens (including phenoxy) is 2. The van der Waals surface area contributed by atoms with E-state index in [4.69, 9.17) is 9.47 Å². The van der Waals surface area contributed by atoms with Crippen molar-refractivity contribution in [2.24, 2.45) is 0 Å². The van der Waals surface area contributed by atoms with Crippen LogP contribution in [0.2, 0.25) is 0 Å². The van der Waals surface area contributed by atoms with Crippen LogP contribution in [0.25, 0.3) is 0 Å². The summed E-state index contributed by atoms with van der Waals surface area (Å²) in [6.07, 6.45) is 2.26. The van der Waals surface area contributed by atoms with Gasteiger partial charge in [0.2, 0.25) is 0 Å². The maximum absolute atomic E-state index is 5.68. The molecule has 1 rings (SSSR count). The lowest BCUT2D eigenvalue weighted by Gasteiger charge is -2.19. The lowest BCUT2D eigenvalue weighted by molar-refractivity contribution is -0.0163. The van der Waals surface area contributed by atoms with E-state index in [1.807, 2.05) is 12.1 Å². The molecular formula is C18H31NO2. The molecule has 1 atom stereocenters. The zero-order valence-corrected chi connectivity index (χ0v) is 14.2. The predicted octanol–water partition coefficient (Wildman–Crippen LogP) is 3.81. The lowest BCUT2D eigenvalue weighted by Crippen LogP contribution is -2.25. The van der Waals surface area contributed by atoms with E-state index in [1.165, 1.54) is 5.56 Å². The Morgan fingerprint density at radius 2 is 1.76 bits per heavy atom. The van der Waals surface area contributed by atoms with Crippen LogP contribution < -0.4 is 10.1 Å². The van der Waals surface area contributed by atoms with Gasteiger partial charge in [0.1, 0.15) is 12.4 Å². The maximum Gasteiger partial charge on any atom is 0.119 e. The second-order valence-electron chi connectivity index (χ2n) is 6.45. The first-order valence-corrected chi connectivity index (χ1v) is 8.00. The summed E-state index contributed by atoms with van der Waals surface area (Å²) >= 11 is 0. The van der Waals surface area contributed by atoms with Crippen LogP contribution in [0.1, 0.15) is 46.6 Å². The Bertz CT molecular complexity index is 381. The highest BCUT2D eigenvalue weighted by molar-refractivity contribution is 5.27. The summed E-state index contributed by atoms with van der Waals surface area (Å²) in [5.74, 6) is 0.913. The molecule has 0 aliphatic carbocycles. The molecule has 0 spiro atoms. The van der Waals surface area contributed by atoms with Gasteiger partial charge >= 0.3 is 0 Å². The largest absolute Gasteiger partial charge is 0.491 e. The van der Waals surface area contributed by atoms with Crippen LogP contribution in [-0.2, 0) is 11.2 Å². The third-order valence-electron chi connectivity index (χ3n) is 3.23. The maximum atomic E-state index is 5.68. The molecule has 3 heteroatoms. The Kier molecular flexibility index (Phi) is 7.76. The van der Waals surface area contributed by atoms with Gasteiger partial charge in [-0.05, 0) is 64.8 Å². The monoisotopic (exact) mass is 293 g/mol. The number of nitrogens with one attached hydrogen (secondary N) is 1. The van der Waals surface area contributed by atoms with Crippen LogP contribution in [0.3, 0.4) is 0 Å². The Hall–Kier alpha value is -1.06. The highest BCUT2D eigenvalue weighted by Crippen LogP contribution is 2.14. The Morgan fingerprint density at radius 3 is 2.33 bits per heavy atom. The third-order valence-corrected chi connectivity index (χ3v) is 3.23. The molecule has 0 aromatic heterocycles. The minimum atomic E-state index is -0.101. The SMILES string of the molecule is CCNC(C)CCc1ccc(OCCOC(C)(C)C)cc1. The van der Waals surface area contributed by atoms with Gasteiger partial charge in [-0.25, -0.2) is 0 Å². The lowest BCUT2D eigenvalue weighted by atomic mass is 10.1. The van der Waals surface area contributed by atoms with Gasteiger partial charge in [0.15, 0.2) is 0 Å². The van der Waals surface area contributed by atoms with Crippen molar-refractivity contribution in [3.63, 3.8) is 0 Å². The second kappa shape index (κ2) is 9.06. The van der Waals surface area contributed by atoms with Gasteiger partial charge in [-0.2, -0.15) is 0 Å². The molecule has 0 saturated carbocycles. The van der Waals surface area contributed by atoms with Crippen LogP contribution in [0, 0.1) is 0 Å². The molecule has 0 fully saturated rings. The van der Waals surface area contributed by atoms with E-state index in [0.29, 0.717) is 19.3 Å². The molecule has 3 nitrogen and oxygen atoms in total. The summed E-state index contributed by atoms with van der Waals surface area (Å²) in [7, 11) is 0. The number of rotatable bonds is 9. The molecule has 0 aliphatic heterocycles. The van der Waals surface area contributed by atoms with E-state index in [-0.39, 0.29) is 5.60 Å². The standard InChI is InChI=1S/C18H31NO2/c1-6-19-15(2)7-8-16-9-11-17(12-10-16)20-13-14-21-18(3,4)5/h9-12,15,19H,6-8,13-14H2,1-5H3. The van der Waals surface area contributed by atoms with Crippen LogP contribution in [0.15, 0.2) is 24.3 Å². The molecule has 1 aromatic rings. The highest BCUT2D eigenvalue weighted by atomic mass is 16.5. The average molecular weight is 293 g/mol. The van der Waals surface area contributed by atoms with E-state index in [0.717, 1.165) is 25.1 Å². The minimum absolute atomic E-state index is 0.101. The Balaban J connectivity index is 2.27. The smallest absolute Gasteiger partial charge is 0.119 e. The first-order valence-electron chi connectivity index (χ1n) is 8.00. The van der Waals surface area contributed by atoms with Gasteiger partial charge in [0.25, 0.3) is 0 Å². The van der Waals surface area contributed by atoms with Gasteiger partial charge in [-0.15, -0.1) is 0 Å². The highest BCUT2D eigenvalue weighted by Gasteiger charge is 2.09. The van der Waals surface area contributed by atoms with Crippen LogP contribution in [0.5, 0.6) is 5.75 Å². The van der Waals surface area contributed by atoms with Gasteiger partial charge in [-0.3, -0.25) is 0 Å². The van der Waals surface area contributed by atoms with E-state index in [2.05, 4.69) is 52.1 Å². The van der Waals surface area contributed by atoms with Crippen molar-refractivity contribution in [1.82, 2.24) is 5.32 Å². The van der Waals surface area contributed by atoms with Crippen LogP contribution in [-0.4, -0.2) is 31.4 Å². The van der Waals surface area contributed by atoms with Crippen molar-refractivity contribution in [1.29, 1.82) is 0 Å². The Morgan fingerprint density at radius 1 is 1.10 bits per heavy atom. The van der Waals surface area contributed by atoms with E-state index in [9.17, 15) is 0 Å². The molecule has 1 aromatic carbocycles. The summed E-state index contributed by atoms with van der Waals surface area (Å²) in [5.41, 5.74) is 1.26. The third kappa shape index (κ3) is 8.74. The molecule has 120 valence electrons. The number of benzene rings is 1. The molecule has 1 unspecified atom stereocenters. The van der Waals surface area contributed by atoms with Crippen molar-refractivity contribution in [3.05, 3.63) is 29.8 Å². The fraction of sp³-hybridized carbons (Fsp3) is 0.667. The first-order chi connectivity index (χ1) is 9.90. The summed E-state index contributed by atoms with van der Waals surface area (Å²) in [4.78, 5) is 0. The molecular weight excluding hydrogens is 262 g/mol. The first kappa shape index (κ1) is 18.0. The molecule has 0 amide bonds. The normalized spacial score (nSPS) is 13.2. The topological polar surface area (TPSA) is 30.5 Å². The summed E-state index contributed by atoms with van der Waals surface area (Å²) in [6, 6.07) is 8.96. The molecule has 0 radical (unpaired) electrons. The van der Waals surface area contributed by atoms with Gasteiger partial charge in [0.05, 0.1) is 12.2 Å². The van der Waals surface area contributed by atoms with Crippen molar-refractivity contribution in [2.75, 3.05) is 19.8 Å².